The summed E-state index contributed by atoms with van der Waals surface area (Å²) in [5.74, 6) is 0.717. The fourth-order valence-electron chi connectivity index (χ4n) is 2.70. The van der Waals surface area contributed by atoms with E-state index in [1.54, 1.807) is 16.2 Å². The zero-order valence-electron chi connectivity index (χ0n) is 13.3. The van der Waals surface area contributed by atoms with Crippen LogP contribution in [0.2, 0.25) is 0 Å². The maximum Gasteiger partial charge on any atom is 0.328 e. The van der Waals surface area contributed by atoms with Crippen molar-refractivity contribution in [3.8, 4) is 5.75 Å². The van der Waals surface area contributed by atoms with E-state index < -0.39 is 6.10 Å². The van der Waals surface area contributed by atoms with Gasteiger partial charge in [0.05, 0.1) is 17.6 Å². The van der Waals surface area contributed by atoms with Gasteiger partial charge in [0.15, 0.2) is 0 Å². The van der Waals surface area contributed by atoms with Crippen molar-refractivity contribution in [2.75, 3.05) is 6.61 Å². The summed E-state index contributed by atoms with van der Waals surface area (Å²) in [6, 6.07) is 15.2. The Balaban J connectivity index is 1.74. The number of rotatable bonds is 5. The summed E-state index contributed by atoms with van der Waals surface area (Å²) in [4.78, 5) is 12.3. The number of fused-ring (bicyclic) bond motifs is 1. The van der Waals surface area contributed by atoms with Crippen molar-refractivity contribution < 1.29 is 9.84 Å². The van der Waals surface area contributed by atoms with Gasteiger partial charge in [-0.1, -0.05) is 24.3 Å². The van der Waals surface area contributed by atoms with Crippen molar-refractivity contribution in [1.82, 2.24) is 9.13 Å². The average Bonchev–Trinajstić information content (AvgIpc) is 2.79. The van der Waals surface area contributed by atoms with Crippen LogP contribution in [-0.4, -0.2) is 27.0 Å². The first kappa shape index (κ1) is 15.4. The molecule has 0 saturated carbocycles. The van der Waals surface area contributed by atoms with Gasteiger partial charge in [0.1, 0.15) is 18.5 Å². The summed E-state index contributed by atoms with van der Waals surface area (Å²) >= 11 is 0. The third-order valence-electron chi connectivity index (χ3n) is 3.88. The molecule has 1 N–H and O–H groups in total. The Morgan fingerprint density at radius 3 is 2.61 bits per heavy atom. The Morgan fingerprint density at radius 2 is 1.87 bits per heavy atom. The number of benzene rings is 2. The highest BCUT2D eigenvalue weighted by Gasteiger charge is 2.14. The van der Waals surface area contributed by atoms with Gasteiger partial charge in [0.25, 0.3) is 0 Å². The molecule has 2 aromatic carbocycles. The van der Waals surface area contributed by atoms with Gasteiger partial charge in [-0.3, -0.25) is 9.13 Å². The minimum Gasteiger partial charge on any atom is -0.491 e. The van der Waals surface area contributed by atoms with Gasteiger partial charge in [0, 0.05) is 7.05 Å². The molecule has 3 aromatic rings. The number of hydrogen-bond acceptors (Lipinski definition) is 3. The number of aromatic nitrogens is 2. The second-order valence-electron chi connectivity index (χ2n) is 5.72. The Labute approximate surface area is 134 Å². The van der Waals surface area contributed by atoms with Crippen LogP contribution in [0.1, 0.15) is 5.56 Å². The van der Waals surface area contributed by atoms with Crippen molar-refractivity contribution in [3.05, 3.63) is 64.6 Å². The van der Waals surface area contributed by atoms with Crippen molar-refractivity contribution >= 4 is 11.0 Å². The van der Waals surface area contributed by atoms with E-state index >= 15 is 0 Å². The van der Waals surface area contributed by atoms with Gasteiger partial charge in [-0.25, -0.2) is 4.79 Å². The first-order valence-electron chi connectivity index (χ1n) is 7.58. The molecule has 1 heterocycles. The van der Waals surface area contributed by atoms with Gasteiger partial charge < -0.3 is 9.84 Å². The number of hydrogen-bond donors (Lipinski definition) is 1. The predicted octanol–water partition coefficient (Wildman–Crippen LogP) is 2.09. The summed E-state index contributed by atoms with van der Waals surface area (Å²) in [5.41, 5.74) is 2.63. The summed E-state index contributed by atoms with van der Waals surface area (Å²) < 4.78 is 8.78. The Kier molecular flexibility index (Phi) is 4.21. The highest BCUT2D eigenvalue weighted by atomic mass is 16.5. The van der Waals surface area contributed by atoms with Crippen LogP contribution < -0.4 is 10.4 Å². The highest BCUT2D eigenvalue weighted by molar-refractivity contribution is 5.75. The number of para-hydroxylation sites is 2. The SMILES string of the molecule is Cc1cccc(OCC(O)Cn2c(=O)n(C)c3ccccc32)c1. The molecule has 1 atom stereocenters. The van der Waals surface area contributed by atoms with Crippen molar-refractivity contribution in [3.63, 3.8) is 0 Å². The zero-order chi connectivity index (χ0) is 16.4. The van der Waals surface area contributed by atoms with E-state index in [0.29, 0.717) is 5.75 Å². The molecule has 1 aromatic heterocycles. The second kappa shape index (κ2) is 6.30. The summed E-state index contributed by atoms with van der Waals surface area (Å²) in [7, 11) is 1.73. The number of aliphatic hydroxyl groups is 1. The minimum atomic E-state index is -0.765. The lowest BCUT2D eigenvalue weighted by Gasteiger charge is -2.13. The number of aryl methyl sites for hydroxylation is 2. The molecule has 0 fully saturated rings. The van der Waals surface area contributed by atoms with E-state index in [4.69, 9.17) is 4.74 Å². The number of imidazole rings is 1. The molecule has 120 valence electrons. The van der Waals surface area contributed by atoms with Crippen LogP contribution in [-0.2, 0) is 13.6 Å². The first-order valence-corrected chi connectivity index (χ1v) is 7.58. The topological polar surface area (TPSA) is 56.4 Å². The fraction of sp³-hybridized carbons (Fsp3) is 0.278. The van der Waals surface area contributed by atoms with Crippen molar-refractivity contribution in [1.29, 1.82) is 0 Å². The third-order valence-corrected chi connectivity index (χ3v) is 3.88. The van der Waals surface area contributed by atoms with Crippen LogP contribution in [0.4, 0.5) is 0 Å². The molecule has 0 amide bonds. The van der Waals surface area contributed by atoms with E-state index in [-0.39, 0.29) is 18.8 Å². The minimum absolute atomic E-state index is 0.138. The normalized spacial score (nSPS) is 12.5. The zero-order valence-corrected chi connectivity index (χ0v) is 13.3. The second-order valence-corrected chi connectivity index (χ2v) is 5.72. The van der Waals surface area contributed by atoms with Gasteiger partial charge in [-0.15, -0.1) is 0 Å². The van der Waals surface area contributed by atoms with Crippen LogP contribution in [0.3, 0.4) is 0 Å². The molecule has 1 unspecified atom stereocenters. The van der Waals surface area contributed by atoms with Gasteiger partial charge in [-0.05, 0) is 36.8 Å². The Bertz CT molecular complexity index is 879. The van der Waals surface area contributed by atoms with E-state index in [0.717, 1.165) is 16.6 Å². The summed E-state index contributed by atoms with van der Waals surface area (Å²) in [6.45, 7) is 2.32. The van der Waals surface area contributed by atoms with Crippen LogP contribution in [0.25, 0.3) is 11.0 Å². The molecule has 0 aliphatic rings. The molecule has 23 heavy (non-hydrogen) atoms. The molecule has 5 heteroatoms. The number of aliphatic hydroxyl groups excluding tert-OH is 1. The Hall–Kier alpha value is -2.53. The molecule has 5 nitrogen and oxygen atoms in total. The molecule has 0 bridgehead atoms. The molecular weight excluding hydrogens is 292 g/mol. The van der Waals surface area contributed by atoms with Crippen molar-refractivity contribution in [2.45, 2.75) is 19.6 Å². The molecule has 3 rings (SSSR count). The summed E-state index contributed by atoms with van der Waals surface area (Å²) in [5, 5.41) is 10.2. The maximum atomic E-state index is 12.3. The van der Waals surface area contributed by atoms with E-state index in [1.807, 2.05) is 55.5 Å². The lowest BCUT2D eigenvalue weighted by atomic mass is 10.2. The van der Waals surface area contributed by atoms with E-state index in [2.05, 4.69) is 0 Å². The standard InChI is InChI=1S/C18H20N2O3/c1-13-6-5-7-15(10-13)23-12-14(21)11-20-17-9-4-3-8-16(17)19(2)18(20)22/h3-10,14,21H,11-12H2,1-2H3. The Morgan fingerprint density at radius 1 is 1.13 bits per heavy atom. The van der Waals surface area contributed by atoms with Gasteiger partial charge >= 0.3 is 5.69 Å². The average molecular weight is 312 g/mol. The highest BCUT2D eigenvalue weighted by Crippen LogP contribution is 2.14. The van der Waals surface area contributed by atoms with Gasteiger partial charge in [-0.2, -0.15) is 0 Å². The lowest BCUT2D eigenvalue weighted by molar-refractivity contribution is 0.0925. The van der Waals surface area contributed by atoms with Crippen LogP contribution in [0, 0.1) is 6.92 Å². The van der Waals surface area contributed by atoms with Gasteiger partial charge in [0.2, 0.25) is 0 Å². The lowest BCUT2D eigenvalue weighted by Crippen LogP contribution is -2.30. The largest absolute Gasteiger partial charge is 0.491 e. The predicted molar refractivity (Wildman–Crippen MR) is 89.9 cm³/mol. The van der Waals surface area contributed by atoms with E-state index in [1.165, 1.54) is 0 Å². The molecule has 0 spiro atoms. The van der Waals surface area contributed by atoms with Crippen molar-refractivity contribution in [2.24, 2.45) is 7.05 Å². The fourth-order valence-corrected chi connectivity index (χ4v) is 2.70. The molecule has 0 aliphatic heterocycles. The monoisotopic (exact) mass is 312 g/mol. The smallest absolute Gasteiger partial charge is 0.328 e. The molecular formula is C18H20N2O3. The number of ether oxygens (including phenoxy) is 1. The first-order chi connectivity index (χ1) is 11.1. The van der Waals surface area contributed by atoms with Crippen LogP contribution in [0.5, 0.6) is 5.75 Å². The van der Waals surface area contributed by atoms with Crippen LogP contribution >= 0.6 is 0 Å². The van der Waals surface area contributed by atoms with E-state index in [9.17, 15) is 9.90 Å². The summed E-state index contributed by atoms with van der Waals surface area (Å²) in [6.07, 6.45) is -0.765. The third kappa shape index (κ3) is 3.14. The molecule has 0 aliphatic carbocycles. The molecule has 0 radical (unpaired) electrons. The molecule has 0 saturated heterocycles. The maximum absolute atomic E-state index is 12.3. The number of nitrogens with zero attached hydrogens (tertiary/aromatic N) is 2. The van der Waals surface area contributed by atoms with Crippen LogP contribution in [0.15, 0.2) is 53.3 Å². The quantitative estimate of drug-likeness (QED) is 0.785.